The van der Waals surface area contributed by atoms with Crippen LogP contribution in [0.1, 0.15) is 21.0 Å². The maximum Gasteiger partial charge on any atom is 0.269 e. The van der Waals surface area contributed by atoms with Gasteiger partial charge in [-0.25, -0.2) is 9.36 Å². The lowest BCUT2D eigenvalue weighted by molar-refractivity contribution is -0.384. The highest BCUT2D eigenvalue weighted by Gasteiger charge is 2.06. The van der Waals surface area contributed by atoms with Crippen molar-refractivity contribution < 1.29 is 33.5 Å². The Morgan fingerprint density at radius 1 is 0.833 bits per heavy atom. The Bertz CT molecular complexity index is 1260. The molecule has 0 aliphatic carbocycles. The molecule has 2 heterocycles. The van der Waals surface area contributed by atoms with E-state index >= 15 is 0 Å². The van der Waals surface area contributed by atoms with Crippen LogP contribution >= 0.6 is 0 Å². The Kier molecular flexibility index (Phi) is 19.2. The molecule has 3 rings (SSSR count). The zero-order chi connectivity index (χ0) is 30.8. The van der Waals surface area contributed by atoms with Gasteiger partial charge >= 0.3 is 0 Å². The minimum absolute atomic E-state index is 0.000485. The number of hydrogen-bond acceptors (Lipinski definition) is 13. The van der Waals surface area contributed by atoms with Crippen molar-refractivity contribution in [3.8, 4) is 30.4 Å². The first-order valence-electron chi connectivity index (χ1n) is 12.3. The third-order valence-corrected chi connectivity index (χ3v) is 4.48. The number of ether oxygens (including phenoxy) is 4. The second kappa shape index (κ2) is 22.9. The molecule has 16 nitrogen and oxygen atoms in total. The van der Waals surface area contributed by atoms with E-state index in [2.05, 4.69) is 32.5 Å². The molecule has 0 aliphatic heterocycles. The summed E-state index contributed by atoms with van der Waals surface area (Å²) in [6, 6.07) is 5.78. The minimum Gasteiger partial charge on any atom is -0.378 e. The van der Waals surface area contributed by atoms with Gasteiger partial charge in [0.05, 0.1) is 69.2 Å². The number of nitro benzene ring substituents is 1. The standard InChI is InChI=1S/C10H13N3O3.C9H6N4O3.C7H13NO2/c1-2-4-15-6-7-16-5-3-13-8-10(9-14)11-12-13;14-6-7-5-12(11-10-7)8-1-3-9(4-2-8)13(15)16;1-2-4-9-6-7-10-5-3-8/h1,8-9H,3-7H2;1-6H;1H,3-8H2. The maximum atomic E-state index is 10.4. The SMILES string of the molecule is C#CCOCCOCCN.C#CCOCCOCCn1cc(C=O)nn1.O=Cc1cn(-c2ccc([N+](=O)[O-])cc2)nn1. The molecule has 0 bridgehead atoms. The fourth-order valence-electron chi connectivity index (χ4n) is 2.60. The van der Waals surface area contributed by atoms with Crippen molar-refractivity contribution in [1.82, 2.24) is 30.0 Å². The lowest BCUT2D eigenvalue weighted by Gasteiger charge is -2.03. The van der Waals surface area contributed by atoms with E-state index in [9.17, 15) is 19.7 Å². The Morgan fingerprint density at radius 2 is 1.38 bits per heavy atom. The molecule has 0 atom stereocenters. The van der Waals surface area contributed by atoms with Crippen LogP contribution in [-0.4, -0.2) is 107 Å². The fourth-order valence-corrected chi connectivity index (χ4v) is 2.60. The van der Waals surface area contributed by atoms with Gasteiger partial charge in [0.15, 0.2) is 12.6 Å². The second-order valence-electron chi connectivity index (χ2n) is 7.53. The van der Waals surface area contributed by atoms with Crippen molar-refractivity contribution in [2.24, 2.45) is 5.73 Å². The summed E-state index contributed by atoms with van der Waals surface area (Å²) in [5.74, 6) is 4.72. The van der Waals surface area contributed by atoms with Gasteiger partial charge < -0.3 is 24.7 Å². The van der Waals surface area contributed by atoms with Gasteiger partial charge in [-0.05, 0) is 12.1 Å². The van der Waals surface area contributed by atoms with E-state index in [1.165, 1.54) is 35.1 Å². The molecule has 2 N–H and O–H groups in total. The summed E-state index contributed by atoms with van der Waals surface area (Å²) in [5, 5.41) is 25.0. The van der Waals surface area contributed by atoms with Gasteiger partial charge in [0.2, 0.25) is 0 Å². The van der Waals surface area contributed by atoms with Gasteiger partial charge in [0, 0.05) is 18.7 Å². The monoisotopic (exact) mass is 584 g/mol. The summed E-state index contributed by atoms with van der Waals surface area (Å²) in [6.45, 7) is 4.90. The molecule has 0 saturated heterocycles. The highest BCUT2D eigenvalue weighted by atomic mass is 16.6. The van der Waals surface area contributed by atoms with Gasteiger partial charge in [-0.1, -0.05) is 22.3 Å². The molecule has 0 radical (unpaired) electrons. The van der Waals surface area contributed by atoms with Crippen LogP contribution in [0.15, 0.2) is 36.7 Å². The van der Waals surface area contributed by atoms with E-state index in [0.717, 1.165) is 0 Å². The molecule has 0 saturated carbocycles. The first kappa shape index (κ1) is 35.2. The highest BCUT2D eigenvalue weighted by Crippen LogP contribution is 2.14. The zero-order valence-corrected chi connectivity index (χ0v) is 22.8. The van der Waals surface area contributed by atoms with Crippen LogP contribution in [0.5, 0.6) is 0 Å². The van der Waals surface area contributed by atoms with E-state index in [1.807, 2.05) is 0 Å². The quantitative estimate of drug-likeness (QED) is 0.0749. The number of aldehydes is 2. The number of carbonyl (C=O) groups is 2. The molecule has 1 aromatic carbocycles. The van der Waals surface area contributed by atoms with Crippen LogP contribution in [0.3, 0.4) is 0 Å². The molecule has 16 heteroatoms. The number of nitrogens with two attached hydrogens (primary N) is 1. The lowest BCUT2D eigenvalue weighted by Crippen LogP contribution is -2.11. The summed E-state index contributed by atoms with van der Waals surface area (Å²) in [5.41, 5.74) is 6.30. The van der Waals surface area contributed by atoms with Crippen LogP contribution in [0.4, 0.5) is 5.69 Å². The largest absolute Gasteiger partial charge is 0.378 e. The van der Waals surface area contributed by atoms with Gasteiger partial charge in [0.1, 0.15) is 24.6 Å². The van der Waals surface area contributed by atoms with Gasteiger partial charge in [-0.15, -0.1) is 23.0 Å². The first-order chi connectivity index (χ1) is 20.5. The predicted molar refractivity (Wildman–Crippen MR) is 149 cm³/mol. The average molecular weight is 585 g/mol. The number of rotatable bonds is 17. The van der Waals surface area contributed by atoms with Crippen molar-refractivity contribution in [1.29, 1.82) is 0 Å². The number of benzene rings is 1. The van der Waals surface area contributed by atoms with Crippen molar-refractivity contribution >= 4 is 18.3 Å². The van der Waals surface area contributed by atoms with E-state index in [0.29, 0.717) is 89.9 Å². The van der Waals surface area contributed by atoms with Crippen molar-refractivity contribution in [3.05, 3.63) is 58.2 Å². The van der Waals surface area contributed by atoms with E-state index in [1.54, 1.807) is 10.9 Å². The molecule has 0 fully saturated rings. The van der Waals surface area contributed by atoms with E-state index in [-0.39, 0.29) is 11.4 Å². The minimum atomic E-state index is -0.484. The molecular weight excluding hydrogens is 552 g/mol. The van der Waals surface area contributed by atoms with Crippen molar-refractivity contribution in [2.45, 2.75) is 6.54 Å². The van der Waals surface area contributed by atoms with Gasteiger partial charge in [-0.2, -0.15) is 0 Å². The summed E-state index contributed by atoms with van der Waals surface area (Å²) < 4.78 is 23.1. The number of aromatic nitrogens is 6. The molecule has 0 amide bonds. The third-order valence-electron chi connectivity index (χ3n) is 4.48. The number of terminal acetylenes is 2. The van der Waals surface area contributed by atoms with E-state index < -0.39 is 4.92 Å². The van der Waals surface area contributed by atoms with Crippen LogP contribution in [0.2, 0.25) is 0 Å². The van der Waals surface area contributed by atoms with Crippen LogP contribution in [0.25, 0.3) is 5.69 Å². The van der Waals surface area contributed by atoms with Crippen LogP contribution in [0, 0.1) is 34.8 Å². The fraction of sp³-hybridized carbons (Fsp3) is 0.385. The normalized spacial score (nSPS) is 9.79. The maximum absolute atomic E-state index is 10.4. The predicted octanol–water partition coefficient (Wildman–Crippen LogP) is 0.357. The zero-order valence-electron chi connectivity index (χ0n) is 22.8. The Balaban J connectivity index is 0.000000326. The topological polar surface area (TPSA) is 202 Å². The smallest absolute Gasteiger partial charge is 0.269 e. The summed E-state index contributed by atoms with van der Waals surface area (Å²) in [7, 11) is 0. The molecule has 0 spiro atoms. The van der Waals surface area contributed by atoms with E-state index in [4.69, 9.17) is 37.5 Å². The van der Waals surface area contributed by atoms with Crippen molar-refractivity contribution in [2.75, 3.05) is 59.4 Å². The van der Waals surface area contributed by atoms with Gasteiger partial charge in [-0.3, -0.25) is 19.7 Å². The number of non-ortho nitro benzene ring substituents is 1. The Hall–Kier alpha value is -4.84. The second-order valence-corrected chi connectivity index (χ2v) is 7.53. The summed E-state index contributed by atoms with van der Waals surface area (Å²) in [4.78, 5) is 30.6. The average Bonchev–Trinajstić information content (AvgIpc) is 3.69. The molecular formula is C26H32N8O8. The number of nitrogens with zero attached hydrogens (tertiary/aromatic N) is 7. The van der Waals surface area contributed by atoms with Crippen molar-refractivity contribution in [3.63, 3.8) is 0 Å². The first-order valence-corrected chi connectivity index (χ1v) is 12.3. The van der Waals surface area contributed by atoms with Crippen LogP contribution in [-0.2, 0) is 25.5 Å². The Labute approximate surface area is 242 Å². The number of carbonyl (C=O) groups excluding carboxylic acids is 2. The molecule has 0 unspecified atom stereocenters. The van der Waals surface area contributed by atoms with Crippen LogP contribution < -0.4 is 5.73 Å². The summed E-state index contributed by atoms with van der Waals surface area (Å²) >= 11 is 0. The van der Waals surface area contributed by atoms with Gasteiger partial charge in [0.25, 0.3) is 5.69 Å². The number of nitro groups is 1. The lowest BCUT2D eigenvalue weighted by atomic mass is 10.3. The Morgan fingerprint density at radius 3 is 1.88 bits per heavy atom. The molecule has 3 aromatic rings. The molecule has 42 heavy (non-hydrogen) atoms. The third kappa shape index (κ3) is 15.7. The molecule has 2 aromatic heterocycles. The molecule has 224 valence electrons. The molecule has 0 aliphatic rings. The summed E-state index contributed by atoms with van der Waals surface area (Å²) in [6.07, 6.45) is 14.2. The highest BCUT2D eigenvalue weighted by molar-refractivity contribution is 5.71. The number of hydrogen-bond donors (Lipinski definition) is 1.